The largest absolute Gasteiger partial charge is 0.437 e. The number of aliphatic hydroxyl groups is 1. The molecule has 5 heterocycles. The summed E-state index contributed by atoms with van der Waals surface area (Å²) < 4.78 is 57.3. The van der Waals surface area contributed by atoms with Gasteiger partial charge in [-0.25, -0.2) is 9.97 Å². The summed E-state index contributed by atoms with van der Waals surface area (Å²) in [6.07, 6.45) is -0.0966. The van der Waals surface area contributed by atoms with Crippen LogP contribution in [0.1, 0.15) is 28.0 Å². The second-order valence-corrected chi connectivity index (χ2v) is 10.4. The first kappa shape index (κ1) is 28.6. The van der Waals surface area contributed by atoms with Crippen LogP contribution < -0.4 is 4.74 Å². The van der Waals surface area contributed by atoms with Gasteiger partial charge < -0.3 is 28.9 Å². The third-order valence-corrected chi connectivity index (χ3v) is 7.67. The zero-order valence-corrected chi connectivity index (χ0v) is 23.0. The number of ether oxygens (including phenoxy) is 2. The van der Waals surface area contributed by atoms with Gasteiger partial charge in [0.05, 0.1) is 36.1 Å². The summed E-state index contributed by atoms with van der Waals surface area (Å²) in [5.41, 5.74) is -0.0724. The molecule has 0 bridgehead atoms. The molecule has 12 nitrogen and oxygen atoms in total. The summed E-state index contributed by atoms with van der Waals surface area (Å²) in [6.45, 7) is 3.81. The smallest absolute Gasteiger partial charge is 0.436 e. The second kappa shape index (κ2) is 11.3. The fraction of sp³-hybridized carbons (Fsp3) is 0.393. The Hall–Kier alpha value is -4.50. The van der Waals surface area contributed by atoms with Crippen LogP contribution in [0.15, 0.2) is 47.6 Å². The Morgan fingerprint density at radius 1 is 1.12 bits per heavy atom. The third kappa shape index (κ3) is 5.52. The summed E-state index contributed by atoms with van der Waals surface area (Å²) in [4.78, 5) is 38.0. The van der Waals surface area contributed by atoms with Crippen LogP contribution in [0.4, 0.5) is 13.2 Å². The van der Waals surface area contributed by atoms with Crippen molar-refractivity contribution in [2.24, 2.45) is 5.92 Å². The molecule has 6 rings (SSSR count). The SMILES string of the molecule is Cc1cc(Oc2nccn3c(-c4conc4C(F)(F)F)cnc23)ccc1C(=O)N1CCN(C(=O)[C@@H]2CCOC[C@@H]2O)CC1. The fourth-order valence-corrected chi connectivity index (χ4v) is 5.39. The summed E-state index contributed by atoms with van der Waals surface area (Å²) in [5.74, 6) is -0.386. The van der Waals surface area contributed by atoms with E-state index in [1.54, 1.807) is 34.9 Å². The molecular formula is C28H27F3N6O6. The maximum atomic E-state index is 13.4. The number of benzene rings is 1. The van der Waals surface area contributed by atoms with Crippen LogP contribution >= 0.6 is 0 Å². The van der Waals surface area contributed by atoms with E-state index in [1.165, 1.54) is 23.0 Å². The molecule has 0 saturated carbocycles. The molecule has 2 saturated heterocycles. The number of hydrogen-bond donors (Lipinski definition) is 1. The minimum atomic E-state index is -4.71. The number of carbonyl (C=O) groups is 2. The van der Waals surface area contributed by atoms with Gasteiger partial charge in [-0.15, -0.1) is 0 Å². The molecule has 2 amide bonds. The molecule has 2 aliphatic rings. The van der Waals surface area contributed by atoms with Crippen LogP contribution in [0.25, 0.3) is 16.9 Å². The van der Waals surface area contributed by atoms with E-state index in [9.17, 15) is 27.9 Å². The highest BCUT2D eigenvalue weighted by Gasteiger charge is 2.39. The number of aliphatic hydroxyl groups excluding tert-OH is 1. The van der Waals surface area contributed by atoms with Crippen molar-refractivity contribution < 1.29 is 41.9 Å². The van der Waals surface area contributed by atoms with E-state index in [0.717, 1.165) is 6.26 Å². The van der Waals surface area contributed by atoms with Crippen LogP contribution in [0.2, 0.25) is 0 Å². The molecule has 15 heteroatoms. The monoisotopic (exact) mass is 600 g/mol. The fourth-order valence-electron chi connectivity index (χ4n) is 5.39. The minimum absolute atomic E-state index is 0.0488. The number of alkyl halides is 3. The number of imidazole rings is 1. The molecule has 2 fully saturated rings. The molecule has 2 atom stereocenters. The van der Waals surface area contributed by atoms with E-state index >= 15 is 0 Å². The summed E-state index contributed by atoms with van der Waals surface area (Å²) >= 11 is 0. The highest BCUT2D eigenvalue weighted by molar-refractivity contribution is 5.96. The van der Waals surface area contributed by atoms with Crippen molar-refractivity contribution in [2.45, 2.75) is 25.6 Å². The van der Waals surface area contributed by atoms with Gasteiger partial charge in [0, 0.05) is 50.7 Å². The third-order valence-electron chi connectivity index (χ3n) is 7.67. The van der Waals surface area contributed by atoms with Crippen LogP contribution in [0.5, 0.6) is 11.6 Å². The number of rotatable bonds is 5. The molecular weight excluding hydrogens is 573 g/mol. The Morgan fingerprint density at radius 2 is 1.88 bits per heavy atom. The first-order valence-electron chi connectivity index (χ1n) is 13.6. The number of fused-ring (bicyclic) bond motifs is 1. The van der Waals surface area contributed by atoms with Crippen molar-refractivity contribution in [3.63, 3.8) is 0 Å². The van der Waals surface area contributed by atoms with Crippen LogP contribution in [0, 0.1) is 12.8 Å². The number of halogens is 3. The number of aryl methyl sites for hydroxylation is 1. The van der Waals surface area contributed by atoms with E-state index in [4.69, 9.17) is 9.47 Å². The van der Waals surface area contributed by atoms with Gasteiger partial charge in [0.2, 0.25) is 11.6 Å². The lowest BCUT2D eigenvalue weighted by Gasteiger charge is -2.38. The van der Waals surface area contributed by atoms with Gasteiger partial charge in [-0.3, -0.25) is 14.0 Å². The van der Waals surface area contributed by atoms with Crippen molar-refractivity contribution in [3.8, 4) is 22.9 Å². The Labute approximate surface area is 242 Å². The van der Waals surface area contributed by atoms with Crippen molar-refractivity contribution in [3.05, 3.63) is 59.9 Å². The first-order chi connectivity index (χ1) is 20.6. The van der Waals surface area contributed by atoms with Gasteiger partial charge in [-0.05, 0) is 37.1 Å². The van der Waals surface area contributed by atoms with Crippen molar-refractivity contribution >= 4 is 17.5 Å². The normalized spacial score (nSPS) is 19.6. The number of aromatic nitrogens is 4. The van der Waals surface area contributed by atoms with Gasteiger partial charge in [-0.2, -0.15) is 13.2 Å². The standard InChI is InChI=1S/C28H27F3N6O6/c1-16-12-17(43-25-24-33-13-21(37(24)6-5-32-25)20-14-42-34-23(20)28(29,30)31)2-3-18(16)26(39)35-7-9-36(10-8-35)27(40)19-4-11-41-15-22(19)38/h2-3,5-6,12-14,19,22,38H,4,7-11,15H2,1H3/t19-,22+/m1/s1. The maximum absolute atomic E-state index is 13.4. The Kier molecular flexibility index (Phi) is 7.52. The lowest BCUT2D eigenvalue weighted by atomic mass is 9.95. The molecule has 2 aliphatic heterocycles. The van der Waals surface area contributed by atoms with Crippen LogP contribution in [-0.4, -0.2) is 91.7 Å². The molecule has 1 aromatic carbocycles. The van der Waals surface area contributed by atoms with Gasteiger partial charge in [0.15, 0.2) is 5.69 Å². The van der Waals surface area contributed by atoms with Gasteiger partial charge in [0.25, 0.3) is 11.8 Å². The number of amides is 2. The van der Waals surface area contributed by atoms with Crippen molar-refractivity contribution in [2.75, 3.05) is 39.4 Å². The number of piperazine rings is 1. The number of carbonyl (C=O) groups excluding carboxylic acids is 2. The molecule has 4 aromatic rings. The molecule has 3 aromatic heterocycles. The van der Waals surface area contributed by atoms with E-state index < -0.39 is 23.9 Å². The minimum Gasteiger partial charge on any atom is -0.436 e. The Morgan fingerprint density at radius 3 is 2.60 bits per heavy atom. The molecule has 0 aliphatic carbocycles. The molecule has 0 spiro atoms. The molecule has 0 unspecified atom stereocenters. The average molecular weight is 601 g/mol. The first-order valence-corrected chi connectivity index (χ1v) is 13.6. The van der Waals surface area contributed by atoms with Gasteiger partial charge in [0.1, 0.15) is 12.0 Å². The van der Waals surface area contributed by atoms with Gasteiger partial charge >= 0.3 is 6.18 Å². The predicted molar refractivity (Wildman–Crippen MR) is 142 cm³/mol. The van der Waals surface area contributed by atoms with Crippen LogP contribution in [-0.2, 0) is 15.7 Å². The summed E-state index contributed by atoms with van der Waals surface area (Å²) in [6, 6.07) is 4.90. The second-order valence-electron chi connectivity index (χ2n) is 10.4. The topological polar surface area (TPSA) is 136 Å². The molecule has 0 radical (unpaired) electrons. The molecule has 226 valence electrons. The van der Waals surface area contributed by atoms with Crippen molar-refractivity contribution in [1.29, 1.82) is 0 Å². The Bertz CT molecular complexity index is 1660. The van der Waals surface area contributed by atoms with Crippen molar-refractivity contribution in [1.82, 2.24) is 29.3 Å². The lowest BCUT2D eigenvalue weighted by Crippen LogP contribution is -2.54. The van der Waals surface area contributed by atoms with E-state index in [1.807, 2.05) is 0 Å². The highest BCUT2D eigenvalue weighted by Crippen LogP contribution is 2.37. The number of nitrogens with zero attached hydrogens (tertiary/aromatic N) is 6. The zero-order valence-electron chi connectivity index (χ0n) is 23.0. The highest BCUT2D eigenvalue weighted by atomic mass is 19.4. The Balaban J connectivity index is 1.14. The number of hydrogen-bond acceptors (Lipinski definition) is 9. The quantitative estimate of drug-likeness (QED) is 0.366. The zero-order chi connectivity index (χ0) is 30.3. The summed E-state index contributed by atoms with van der Waals surface area (Å²) in [5, 5.41) is 13.2. The van der Waals surface area contributed by atoms with E-state index in [2.05, 4.69) is 19.6 Å². The van der Waals surface area contributed by atoms with E-state index in [-0.39, 0.29) is 41.2 Å². The van der Waals surface area contributed by atoms with E-state index in [0.29, 0.717) is 56.1 Å². The molecule has 43 heavy (non-hydrogen) atoms. The van der Waals surface area contributed by atoms with Crippen LogP contribution in [0.3, 0.4) is 0 Å². The van der Waals surface area contributed by atoms with Gasteiger partial charge in [-0.1, -0.05) is 5.16 Å². The average Bonchev–Trinajstić information content (AvgIpc) is 3.65. The molecule has 1 N–H and O–H groups in total. The lowest BCUT2D eigenvalue weighted by molar-refractivity contribution is -0.147. The predicted octanol–water partition coefficient (Wildman–Crippen LogP) is 3.19. The summed E-state index contributed by atoms with van der Waals surface area (Å²) in [7, 11) is 0. The maximum Gasteiger partial charge on any atom is 0.437 e.